The molecule has 154 valence electrons. The zero-order valence-electron chi connectivity index (χ0n) is 17.4. The average Bonchev–Trinajstić information content (AvgIpc) is 2.80. The predicted octanol–water partition coefficient (Wildman–Crippen LogP) is 8.15. The summed E-state index contributed by atoms with van der Waals surface area (Å²) >= 11 is 0. The van der Waals surface area contributed by atoms with Crippen LogP contribution in [0.15, 0.2) is 97.1 Å². The molecule has 1 atom stereocenters. The predicted molar refractivity (Wildman–Crippen MR) is 126 cm³/mol. The molecule has 4 aromatic carbocycles. The topological polar surface area (TPSA) is 0 Å². The summed E-state index contributed by atoms with van der Waals surface area (Å²) in [4.78, 5) is 0. The van der Waals surface area contributed by atoms with Crippen LogP contribution in [0.1, 0.15) is 35.1 Å². The van der Waals surface area contributed by atoms with Gasteiger partial charge in [-0.05, 0) is 58.4 Å². The van der Waals surface area contributed by atoms with Crippen LogP contribution in [0.5, 0.6) is 0 Å². The average molecular weight is 411 g/mol. The van der Waals surface area contributed by atoms with Crippen LogP contribution in [-0.4, -0.2) is 0 Å². The first-order valence-corrected chi connectivity index (χ1v) is 10.5. The number of hydrogen-bond acceptors (Lipinski definition) is 0. The molecule has 0 heterocycles. The summed E-state index contributed by atoms with van der Waals surface area (Å²) in [6.45, 7) is 2.16. The zero-order valence-corrected chi connectivity index (χ0v) is 17.4. The van der Waals surface area contributed by atoms with Crippen LogP contribution in [0.25, 0.3) is 23.3 Å². The summed E-state index contributed by atoms with van der Waals surface area (Å²) in [6.07, 6.45) is 4.50. The molecule has 0 nitrogen and oxygen atoms in total. The largest absolute Gasteiger partial charge is 0.207 e. The van der Waals surface area contributed by atoms with Gasteiger partial charge in [0.1, 0.15) is 11.6 Å². The van der Waals surface area contributed by atoms with Crippen molar-refractivity contribution >= 4 is 12.2 Å². The van der Waals surface area contributed by atoms with E-state index in [9.17, 15) is 8.78 Å². The second kappa shape index (κ2) is 9.53. The Morgan fingerprint density at radius 3 is 2.00 bits per heavy atom. The third kappa shape index (κ3) is 5.35. The molecule has 4 rings (SSSR count). The lowest BCUT2D eigenvalue weighted by Crippen LogP contribution is -1.99. The Kier molecular flexibility index (Phi) is 6.37. The summed E-state index contributed by atoms with van der Waals surface area (Å²) in [7, 11) is 0. The maximum Gasteiger partial charge on any atom is 0.130 e. The molecule has 0 radical (unpaired) electrons. The minimum Gasteiger partial charge on any atom is -0.207 e. The van der Waals surface area contributed by atoms with Gasteiger partial charge < -0.3 is 0 Å². The van der Waals surface area contributed by atoms with Crippen molar-refractivity contribution in [1.82, 2.24) is 0 Å². The van der Waals surface area contributed by atoms with Crippen molar-refractivity contribution in [3.8, 4) is 11.1 Å². The molecular formula is C29H24F2. The van der Waals surface area contributed by atoms with Gasteiger partial charge in [0.15, 0.2) is 0 Å². The fourth-order valence-electron chi connectivity index (χ4n) is 3.70. The van der Waals surface area contributed by atoms with Gasteiger partial charge in [-0.25, -0.2) is 8.78 Å². The van der Waals surface area contributed by atoms with Crippen LogP contribution in [0, 0.1) is 11.6 Å². The Morgan fingerprint density at radius 1 is 0.710 bits per heavy atom. The highest BCUT2D eigenvalue weighted by atomic mass is 19.1. The molecule has 2 heteroatoms. The fourth-order valence-corrected chi connectivity index (χ4v) is 3.70. The van der Waals surface area contributed by atoms with Gasteiger partial charge >= 0.3 is 0 Å². The molecule has 4 aromatic rings. The van der Waals surface area contributed by atoms with Gasteiger partial charge in [-0.3, -0.25) is 0 Å². The molecule has 0 amide bonds. The molecular weight excluding hydrogens is 386 g/mol. The van der Waals surface area contributed by atoms with E-state index in [2.05, 4.69) is 19.1 Å². The minimum atomic E-state index is -0.245. The number of halogens is 2. The fraction of sp³-hybridized carbons (Fsp3) is 0.103. The molecule has 0 bridgehead atoms. The Balaban J connectivity index is 1.43. The molecule has 0 saturated carbocycles. The monoisotopic (exact) mass is 410 g/mol. The van der Waals surface area contributed by atoms with E-state index in [1.54, 1.807) is 24.3 Å². The first kappa shape index (κ1) is 20.7. The van der Waals surface area contributed by atoms with Crippen molar-refractivity contribution < 1.29 is 8.78 Å². The summed E-state index contributed by atoms with van der Waals surface area (Å²) < 4.78 is 27.7. The molecule has 0 spiro atoms. The highest BCUT2D eigenvalue weighted by Crippen LogP contribution is 2.23. The summed E-state index contributed by atoms with van der Waals surface area (Å²) in [6, 6.07) is 30.1. The van der Waals surface area contributed by atoms with E-state index in [1.165, 1.54) is 17.7 Å². The van der Waals surface area contributed by atoms with Gasteiger partial charge in [0.05, 0.1) is 0 Å². The lowest BCUT2D eigenvalue weighted by molar-refractivity contribution is 0.620. The maximum absolute atomic E-state index is 14.6. The molecule has 1 unspecified atom stereocenters. The van der Waals surface area contributed by atoms with Gasteiger partial charge in [0.25, 0.3) is 0 Å². The van der Waals surface area contributed by atoms with E-state index in [1.807, 2.05) is 60.7 Å². The maximum atomic E-state index is 14.6. The van der Waals surface area contributed by atoms with Crippen LogP contribution in [0.4, 0.5) is 8.78 Å². The van der Waals surface area contributed by atoms with Crippen molar-refractivity contribution in [1.29, 1.82) is 0 Å². The minimum absolute atomic E-state index is 0.211. The molecule has 31 heavy (non-hydrogen) atoms. The molecule has 0 fully saturated rings. The third-order valence-corrected chi connectivity index (χ3v) is 5.52. The first-order valence-electron chi connectivity index (χ1n) is 10.5. The van der Waals surface area contributed by atoms with Gasteiger partial charge in [-0.1, -0.05) is 97.9 Å². The highest BCUT2D eigenvalue weighted by molar-refractivity contribution is 5.72. The Morgan fingerprint density at radius 2 is 1.35 bits per heavy atom. The van der Waals surface area contributed by atoms with Crippen LogP contribution in [-0.2, 0) is 6.42 Å². The van der Waals surface area contributed by atoms with Crippen molar-refractivity contribution in [2.75, 3.05) is 0 Å². The standard InChI is InChI=1S/C29H24F2/c1-21(24-5-3-2-4-6-24)19-23-10-14-27(29(31)20-23)13-9-22-7-11-25(12-8-22)26-15-17-28(30)18-16-26/h2-18,20-21H,19H2,1H3/b13-9+. The van der Waals surface area contributed by atoms with Crippen LogP contribution in [0.2, 0.25) is 0 Å². The quantitative estimate of drug-likeness (QED) is 0.281. The summed E-state index contributed by atoms with van der Waals surface area (Å²) in [5, 5.41) is 0. The SMILES string of the molecule is CC(Cc1ccc(/C=C/c2ccc(-c3ccc(F)cc3)cc2)c(F)c1)c1ccccc1. The third-order valence-electron chi connectivity index (χ3n) is 5.52. The Bertz CT molecular complexity index is 1160. The van der Waals surface area contributed by atoms with Crippen molar-refractivity contribution in [2.24, 2.45) is 0 Å². The summed E-state index contributed by atoms with van der Waals surface area (Å²) in [5.74, 6) is -0.121. The molecule has 0 aliphatic carbocycles. The number of benzene rings is 4. The van der Waals surface area contributed by atoms with Crippen LogP contribution in [0.3, 0.4) is 0 Å². The number of hydrogen-bond donors (Lipinski definition) is 0. The molecule has 0 N–H and O–H groups in total. The van der Waals surface area contributed by atoms with E-state index in [0.717, 1.165) is 28.7 Å². The van der Waals surface area contributed by atoms with E-state index in [-0.39, 0.29) is 11.6 Å². The molecule has 0 aromatic heterocycles. The first-order chi connectivity index (χ1) is 15.1. The van der Waals surface area contributed by atoms with Crippen molar-refractivity contribution in [3.63, 3.8) is 0 Å². The van der Waals surface area contributed by atoms with Gasteiger partial charge in [-0.2, -0.15) is 0 Å². The van der Waals surface area contributed by atoms with E-state index < -0.39 is 0 Å². The molecule has 0 aliphatic heterocycles. The van der Waals surface area contributed by atoms with Gasteiger partial charge in [0.2, 0.25) is 0 Å². The Hall–Kier alpha value is -3.52. The van der Waals surface area contributed by atoms with Crippen molar-refractivity contribution in [2.45, 2.75) is 19.3 Å². The molecule has 0 aliphatic rings. The van der Waals surface area contributed by atoms with Gasteiger partial charge in [-0.15, -0.1) is 0 Å². The van der Waals surface area contributed by atoms with Crippen LogP contribution < -0.4 is 0 Å². The molecule has 0 saturated heterocycles. The van der Waals surface area contributed by atoms with E-state index >= 15 is 0 Å². The zero-order chi connectivity index (χ0) is 21.6. The van der Waals surface area contributed by atoms with E-state index in [0.29, 0.717) is 11.5 Å². The Labute approximate surface area is 182 Å². The smallest absolute Gasteiger partial charge is 0.130 e. The van der Waals surface area contributed by atoms with Crippen molar-refractivity contribution in [3.05, 3.63) is 131 Å². The van der Waals surface area contributed by atoms with Crippen LogP contribution >= 0.6 is 0 Å². The second-order valence-corrected chi connectivity index (χ2v) is 7.83. The normalized spacial score (nSPS) is 12.2. The number of rotatable bonds is 6. The second-order valence-electron chi connectivity index (χ2n) is 7.83. The lowest BCUT2D eigenvalue weighted by Gasteiger charge is -2.12. The van der Waals surface area contributed by atoms with Gasteiger partial charge in [0, 0.05) is 5.56 Å². The summed E-state index contributed by atoms with van der Waals surface area (Å²) in [5.41, 5.74) is 5.78. The van der Waals surface area contributed by atoms with E-state index in [4.69, 9.17) is 0 Å². The lowest BCUT2D eigenvalue weighted by atomic mass is 9.93. The highest BCUT2D eigenvalue weighted by Gasteiger charge is 2.08.